The molecule has 0 bridgehead atoms. The average molecular weight is 273 g/mol. The molecule has 1 heterocycles. The summed E-state index contributed by atoms with van der Waals surface area (Å²) in [5, 5.41) is 11.7. The van der Waals surface area contributed by atoms with E-state index >= 15 is 0 Å². The topological polar surface area (TPSA) is 62.5 Å². The van der Waals surface area contributed by atoms with Gasteiger partial charge in [0.05, 0.1) is 6.26 Å². The van der Waals surface area contributed by atoms with E-state index in [2.05, 4.69) is 5.32 Å². The lowest BCUT2D eigenvalue weighted by Crippen LogP contribution is -2.28. The summed E-state index contributed by atoms with van der Waals surface area (Å²) in [5.41, 5.74) is 1.74. The zero-order valence-corrected chi connectivity index (χ0v) is 11.5. The van der Waals surface area contributed by atoms with Gasteiger partial charge in [-0.25, -0.2) is 0 Å². The van der Waals surface area contributed by atoms with Crippen molar-refractivity contribution in [3.63, 3.8) is 0 Å². The van der Waals surface area contributed by atoms with E-state index in [1.807, 2.05) is 37.3 Å². The van der Waals surface area contributed by atoms with E-state index in [1.54, 1.807) is 6.07 Å². The number of nitrogens with one attached hydrogen (secondary N) is 1. The Balaban J connectivity index is 2.07. The van der Waals surface area contributed by atoms with E-state index in [4.69, 9.17) is 9.52 Å². The monoisotopic (exact) mass is 273 g/mol. The van der Waals surface area contributed by atoms with Gasteiger partial charge in [0.25, 0.3) is 5.91 Å². The SMILES string of the molecule is CC(CCO)CNC(=O)c1occc1-c1ccccc1. The van der Waals surface area contributed by atoms with Crippen molar-refractivity contribution in [1.82, 2.24) is 5.32 Å². The van der Waals surface area contributed by atoms with Gasteiger partial charge in [-0.1, -0.05) is 37.3 Å². The number of furan rings is 1. The Bertz CT molecular complexity index is 548. The largest absolute Gasteiger partial charge is 0.459 e. The minimum absolute atomic E-state index is 0.132. The number of aliphatic hydroxyl groups excluding tert-OH is 1. The van der Waals surface area contributed by atoms with Crippen LogP contribution in [-0.4, -0.2) is 24.2 Å². The van der Waals surface area contributed by atoms with Crippen molar-refractivity contribution < 1.29 is 14.3 Å². The summed E-state index contributed by atoms with van der Waals surface area (Å²) in [4.78, 5) is 12.1. The Morgan fingerprint density at radius 2 is 2.05 bits per heavy atom. The highest BCUT2D eigenvalue weighted by molar-refractivity contribution is 5.98. The lowest BCUT2D eigenvalue weighted by atomic mass is 10.1. The van der Waals surface area contributed by atoms with E-state index in [0.717, 1.165) is 11.1 Å². The molecule has 1 unspecified atom stereocenters. The maximum atomic E-state index is 12.1. The van der Waals surface area contributed by atoms with E-state index in [-0.39, 0.29) is 18.4 Å². The van der Waals surface area contributed by atoms with E-state index < -0.39 is 0 Å². The molecule has 2 N–H and O–H groups in total. The standard InChI is InChI=1S/C16H19NO3/c1-12(7-9-18)11-17-16(19)15-14(8-10-20-15)13-5-3-2-4-6-13/h2-6,8,10,12,18H,7,9,11H2,1H3,(H,17,19). The highest BCUT2D eigenvalue weighted by Gasteiger charge is 2.16. The molecule has 4 heteroatoms. The van der Waals surface area contributed by atoms with Crippen molar-refractivity contribution in [1.29, 1.82) is 0 Å². The molecule has 20 heavy (non-hydrogen) atoms. The van der Waals surface area contributed by atoms with Crippen LogP contribution in [0.3, 0.4) is 0 Å². The highest BCUT2D eigenvalue weighted by Crippen LogP contribution is 2.24. The minimum atomic E-state index is -0.223. The van der Waals surface area contributed by atoms with E-state index in [0.29, 0.717) is 18.7 Å². The number of carbonyl (C=O) groups is 1. The molecule has 2 aromatic rings. The third-order valence-corrected chi connectivity index (χ3v) is 3.19. The molecular weight excluding hydrogens is 254 g/mol. The molecule has 0 saturated heterocycles. The molecule has 1 aromatic heterocycles. The molecule has 4 nitrogen and oxygen atoms in total. The molecule has 2 rings (SSSR count). The molecule has 0 aliphatic rings. The van der Waals surface area contributed by atoms with Crippen molar-refractivity contribution in [2.24, 2.45) is 5.92 Å². The summed E-state index contributed by atoms with van der Waals surface area (Å²) in [6.07, 6.45) is 2.19. The van der Waals surface area contributed by atoms with Crippen LogP contribution < -0.4 is 5.32 Å². The van der Waals surface area contributed by atoms with Gasteiger partial charge in [0.2, 0.25) is 0 Å². The molecule has 106 valence electrons. The smallest absolute Gasteiger partial charge is 0.287 e. The van der Waals surface area contributed by atoms with Crippen molar-refractivity contribution in [3.05, 3.63) is 48.4 Å². The fourth-order valence-electron chi connectivity index (χ4n) is 2.00. The molecular formula is C16H19NO3. The third-order valence-electron chi connectivity index (χ3n) is 3.19. The van der Waals surface area contributed by atoms with E-state index in [9.17, 15) is 4.79 Å². The lowest BCUT2D eigenvalue weighted by molar-refractivity contribution is 0.0918. The van der Waals surface area contributed by atoms with Crippen molar-refractivity contribution in [2.75, 3.05) is 13.2 Å². The van der Waals surface area contributed by atoms with Crippen LogP contribution in [0.4, 0.5) is 0 Å². The van der Waals surface area contributed by atoms with Crippen LogP contribution in [0.15, 0.2) is 47.1 Å². The maximum absolute atomic E-state index is 12.1. The van der Waals surface area contributed by atoms with Crippen LogP contribution >= 0.6 is 0 Å². The number of hydrogen-bond acceptors (Lipinski definition) is 3. The zero-order valence-electron chi connectivity index (χ0n) is 11.5. The minimum Gasteiger partial charge on any atom is -0.459 e. The first kappa shape index (κ1) is 14.3. The predicted octanol–water partition coefficient (Wildman–Crippen LogP) is 2.69. The Labute approximate surface area is 118 Å². The zero-order chi connectivity index (χ0) is 14.4. The van der Waals surface area contributed by atoms with Crippen LogP contribution in [-0.2, 0) is 0 Å². The number of rotatable bonds is 6. The quantitative estimate of drug-likeness (QED) is 0.850. The van der Waals surface area contributed by atoms with Gasteiger partial charge in [-0.15, -0.1) is 0 Å². The van der Waals surface area contributed by atoms with Gasteiger partial charge in [-0.2, -0.15) is 0 Å². The first-order valence-corrected chi connectivity index (χ1v) is 6.74. The third kappa shape index (κ3) is 3.48. The summed E-state index contributed by atoms with van der Waals surface area (Å²) >= 11 is 0. The summed E-state index contributed by atoms with van der Waals surface area (Å²) in [5.74, 6) is 0.338. The first-order chi connectivity index (χ1) is 9.72. The van der Waals surface area contributed by atoms with Crippen LogP contribution in [0.1, 0.15) is 23.9 Å². The Kier molecular flexibility index (Phi) is 4.96. The Morgan fingerprint density at radius 3 is 2.75 bits per heavy atom. The van der Waals surface area contributed by atoms with Crippen molar-refractivity contribution in [2.45, 2.75) is 13.3 Å². The number of aliphatic hydroxyl groups is 1. The van der Waals surface area contributed by atoms with Gasteiger partial charge >= 0.3 is 0 Å². The van der Waals surface area contributed by atoms with Crippen LogP contribution in [0.5, 0.6) is 0 Å². The van der Waals surface area contributed by atoms with Crippen LogP contribution in [0.25, 0.3) is 11.1 Å². The fourth-order valence-corrected chi connectivity index (χ4v) is 2.00. The Morgan fingerprint density at radius 1 is 1.30 bits per heavy atom. The van der Waals surface area contributed by atoms with Gasteiger partial charge in [-0.3, -0.25) is 4.79 Å². The average Bonchev–Trinajstić information content (AvgIpc) is 2.95. The summed E-state index contributed by atoms with van der Waals surface area (Å²) in [7, 11) is 0. The number of benzene rings is 1. The Hall–Kier alpha value is -2.07. The fraction of sp³-hybridized carbons (Fsp3) is 0.312. The van der Waals surface area contributed by atoms with Crippen LogP contribution in [0, 0.1) is 5.92 Å². The normalized spacial score (nSPS) is 12.1. The second-order valence-corrected chi connectivity index (χ2v) is 4.86. The molecule has 0 saturated carbocycles. The molecule has 0 aliphatic heterocycles. The molecule has 1 amide bonds. The number of amides is 1. The first-order valence-electron chi connectivity index (χ1n) is 6.74. The molecule has 0 fully saturated rings. The van der Waals surface area contributed by atoms with Crippen LogP contribution in [0.2, 0.25) is 0 Å². The second kappa shape index (κ2) is 6.91. The van der Waals surface area contributed by atoms with Crippen molar-refractivity contribution in [3.8, 4) is 11.1 Å². The maximum Gasteiger partial charge on any atom is 0.287 e. The van der Waals surface area contributed by atoms with Crippen molar-refractivity contribution >= 4 is 5.91 Å². The molecule has 0 aliphatic carbocycles. The van der Waals surface area contributed by atoms with Gasteiger partial charge in [0.15, 0.2) is 5.76 Å². The second-order valence-electron chi connectivity index (χ2n) is 4.86. The molecule has 0 spiro atoms. The lowest BCUT2D eigenvalue weighted by Gasteiger charge is -2.10. The number of carbonyl (C=O) groups excluding carboxylic acids is 1. The summed E-state index contributed by atoms with van der Waals surface area (Å²) in [6, 6.07) is 11.5. The molecule has 1 aromatic carbocycles. The van der Waals surface area contributed by atoms with Gasteiger partial charge in [0, 0.05) is 18.7 Å². The summed E-state index contributed by atoms with van der Waals surface area (Å²) in [6.45, 7) is 2.64. The van der Waals surface area contributed by atoms with Gasteiger partial charge < -0.3 is 14.8 Å². The van der Waals surface area contributed by atoms with E-state index in [1.165, 1.54) is 6.26 Å². The highest BCUT2D eigenvalue weighted by atomic mass is 16.3. The van der Waals surface area contributed by atoms with Gasteiger partial charge in [-0.05, 0) is 24.0 Å². The summed E-state index contributed by atoms with van der Waals surface area (Å²) < 4.78 is 5.31. The molecule has 0 radical (unpaired) electrons. The predicted molar refractivity (Wildman–Crippen MR) is 77.3 cm³/mol. The van der Waals surface area contributed by atoms with Gasteiger partial charge in [0.1, 0.15) is 0 Å². The molecule has 1 atom stereocenters. The number of hydrogen-bond donors (Lipinski definition) is 2.